The number of benzene rings is 1. The van der Waals surface area contributed by atoms with Crippen molar-refractivity contribution in [1.82, 2.24) is 18.6 Å². The maximum absolute atomic E-state index is 12.7. The predicted octanol–water partition coefficient (Wildman–Crippen LogP) is 2.49. The van der Waals surface area contributed by atoms with Gasteiger partial charge in [-0.1, -0.05) is 17.7 Å². The molecule has 1 aromatic carbocycles. The highest BCUT2D eigenvalue weighted by molar-refractivity contribution is 7.89. The molecule has 6 nitrogen and oxygen atoms in total. The van der Waals surface area contributed by atoms with Crippen LogP contribution in [0.15, 0.2) is 59.8 Å². The zero-order chi connectivity index (χ0) is 18.1. The van der Waals surface area contributed by atoms with Gasteiger partial charge >= 0.3 is 0 Å². The molecule has 1 saturated heterocycles. The molecule has 8 heteroatoms. The minimum Gasteiger partial charge on any atom is -0.303 e. The Morgan fingerprint density at radius 1 is 1.00 bits per heavy atom. The van der Waals surface area contributed by atoms with E-state index in [0.717, 1.165) is 17.9 Å². The van der Waals surface area contributed by atoms with E-state index in [9.17, 15) is 8.42 Å². The van der Waals surface area contributed by atoms with Gasteiger partial charge in [0, 0.05) is 43.9 Å². The first-order valence-electron chi connectivity index (χ1n) is 8.43. The van der Waals surface area contributed by atoms with Crippen LogP contribution in [0.1, 0.15) is 5.69 Å². The average Bonchev–Trinajstić information content (AvgIpc) is 3.06. The number of hydrogen-bond acceptors (Lipinski definition) is 4. The molecule has 0 amide bonds. The Labute approximate surface area is 157 Å². The summed E-state index contributed by atoms with van der Waals surface area (Å²) < 4.78 is 29.1. The number of imidazole rings is 1. The highest BCUT2D eigenvalue weighted by atomic mass is 35.5. The molecule has 0 N–H and O–H groups in total. The average molecular weight is 391 g/mol. The van der Waals surface area contributed by atoms with Crippen molar-refractivity contribution < 1.29 is 8.42 Å². The van der Waals surface area contributed by atoms with Crippen LogP contribution in [0.5, 0.6) is 0 Å². The number of rotatable bonds is 4. The number of pyridine rings is 1. The standard InChI is InChI=1S/C18H19ClN4O2S/c19-15-4-6-17(7-5-15)26(24,25)22-11-9-21(10-12-22)14-16-13-20-18-3-1-2-8-23(16)18/h1-8,13H,9-12,14H2. The van der Waals surface area contributed by atoms with Gasteiger partial charge in [0.2, 0.25) is 10.0 Å². The maximum Gasteiger partial charge on any atom is 0.243 e. The van der Waals surface area contributed by atoms with Crippen molar-refractivity contribution in [3.8, 4) is 0 Å². The molecule has 0 atom stereocenters. The SMILES string of the molecule is O=S(=O)(c1ccc(Cl)cc1)N1CCN(Cc2cnc3ccccn23)CC1. The van der Waals surface area contributed by atoms with Gasteiger partial charge in [0.25, 0.3) is 0 Å². The zero-order valence-electron chi connectivity index (χ0n) is 14.1. The van der Waals surface area contributed by atoms with E-state index < -0.39 is 10.0 Å². The van der Waals surface area contributed by atoms with Crippen LogP contribution >= 0.6 is 11.6 Å². The Bertz CT molecular complexity index is 1010. The van der Waals surface area contributed by atoms with Gasteiger partial charge in [0.15, 0.2) is 0 Å². The summed E-state index contributed by atoms with van der Waals surface area (Å²) in [6.45, 7) is 3.07. The molecule has 4 rings (SSSR count). The van der Waals surface area contributed by atoms with E-state index in [0.29, 0.717) is 31.2 Å². The van der Waals surface area contributed by atoms with Gasteiger partial charge in [0.1, 0.15) is 5.65 Å². The number of nitrogens with zero attached hydrogens (tertiary/aromatic N) is 4. The molecule has 0 radical (unpaired) electrons. The van der Waals surface area contributed by atoms with Crippen LogP contribution in [-0.2, 0) is 16.6 Å². The molecular weight excluding hydrogens is 372 g/mol. The zero-order valence-corrected chi connectivity index (χ0v) is 15.7. The van der Waals surface area contributed by atoms with Gasteiger partial charge in [0.05, 0.1) is 16.8 Å². The third-order valence-corrected chi connectivity index (χ3v) is 6.83. The van der Waals surface area contributed by atoms with Gasteiger partial charge in [-0.05, 0) is 36.4 Å². The number of aromatic nitrogens is 2. The third-order valence-electron chi connectivity index (χ3n) is 4.66. The summed E-state index contributed by atoms with van der Waals surface area (Å²) in [6, 6.07) is 12.2. The van der Waals surface area contributed by atoms with Crippen LogP contribution in [0, 0.1) is 0 Å². The molecule has 1 aliphatic rings. The maximum atomic E-state index is 12.7. The summed E-state index contributed by atoms with van der Waals surface area (Å²) in [5.41, 5.74) is 2.03. The van der Waals surface area contributed by atoms with Crippen LogP contribution < -0.4 is 0 Å². The highest BCUT2D eigenvalue weighted by Crippen LogP contribution is 2.20. The lowest BCUT2D eigenvalue weighted by Gasteiger charge is -2.33. The molecular formula is C18H19ClN4O2S. The number of hydrogen-bond donors (Lipinski definition) is 0. The Morgan fingerprint density at radius 2 is 1.73 bits per heavy atom. The fourth-order valence-corrected chi connectivity index (χ4v) is 4.76. The largest absolute Gasteiger partial charge is 0.303 e. The normalized spacial score (nSPS) is 17.0. The molecule has 0 saturated carbocycles. The summed E-state index contributed by atoms with van der Waals surface area (Å²) in [5, 5.41) is 0.529. The molecule has 1 aliphatic heterocycles. The van der Waals surface area contributed by atoms with E-state index in [2.05, 4.69) is 14.3 Å². The third kappa shape index (κ3) is 3.35. The fraction of sp³-hybridized carbons (Fsp3) is 0.278. The van der Waals surface area contributed by atoms with E-state index in [-0.39, 0.29) is 4.90 Å². The lowest BCUT2D eigenvalue weighted by molar-refractivity contribution is 0.179. The van der Waals surface area contributed by atoms with Crippen LogP contribution in [0.2, 0.25) is 5.02 Å². The van der Waals surface area contributed by atoms with Crippen molar-refractivity contribution in [2.45, 2.75) is 11.4 Å². The second-order valence-electron chi connectivity index (χ2n) is 6.31. The Balaban J connectivity index is 1.43. The Kier molecular flexibility index (Phi) is 4.71. The van der Waals surface area contributed by atoms with Gasteiger partial charge in [-0.25, -0.2) is 13.4 Å². The summed E-state index contributed by atoms with van der Waals surface area (Å²) in [5.74, 6) is 0. The monoisotopic (exact) mass is 390 g/mol. The summed E-state index contributed by atoms with van der Waals surface area (Å²) >= 11 is 5.85. The molecule has 1 fully saturated rings. The van der Waals surface area contributed by atoms with Crippen LogP contribution in [-0.4, -0.2) is 53.2 Å². The van der Waals surface area contributed by atoms with Gasteiger partial charge < -0.3 is 4.40 Å². The van der Waals surface area contributed by atoms with Crippen molar-refractivity contribution in [3.05, 3.63) is 65.6 Å². The molecule has 26 heavy (non-hydrogen) atoms. The second kappa shape index (κ2) is 7.00. The smallest absolute Gasteiger partial charge is 0.243 e. The van der Waals surface area contributed by atoms with E-state index in [1.807, 2.05) is 30.6 Å². The fourth-order valence-electron chi connectivity index (χ4n) is 3.21. The first-order valence-corrected chi connectivity index (χ1v) is 10.2. The minimum atomic E-state index is -3.47. The molecule has 0 unspecified atom stereocenters. The Hall–Kier alpha value is -1.93. The van der Waals surface area contributed by atoms with Crippen molar-refractivity contribution in [2.75, 3.05) is 26.2 Å². The van der Waals surface area contributed by atoms with Crippen molar-refractivity contribution in [1.29, 1.82) is 0 Å². The highest BCUT2D eigenvalue weighted by Gasteiger charge is 2.28. The molecule has 0 bridgehead atoms. The summed E-state index contributed by atoms with van der Waals surface area (Å²) in [6.07, 6.45) is 3.88. The molecule has 3 heterocycles. The first kappa shape index (κ1) is 17.5. The molecule has 0 spiro atoms. The van der Waals surface area contributed by atoms with Crippen LogP contribution in [0.3, 0.4) is 0 Å². The summed E-state index contributed by atoms with van der Waals surface area (Å²) in [4.78, 5) is 6.95. The van der Waals surface area contributed by atoms with E-state index in [4.69, 9.17) is 11.6 Å². The van der Waals surface area contributed by atoms with Crippen molar-refractivity contribution in [3.63, 3.8) is 0 Å². The second-order valence-corrected chi connectivity index (χ2v) is 8.69. The first-order chi connectivity index (χ1) is 12.5. The van der Waals surface area contributed by atoms with Crippen molar-refractivity contribution >= 4 is 27.3 Å². The van der Waals surface area contributed by atoms with Crippen molar-refractivity contribution in [2.24, 2.45) is 0 Å². The quantitative estimate of drug-likeness (QED) is 0.686. The molecule has 2 aromatic heterocycles. The molecule has 0 aliphatic carbocycles. The van der Waals surface area contributed by atoms with E-state index >= 15 is 0 Å². The molecule has 3 aromatic rings. The summed E-state index contributed by atoms with van der Waals surface area (Å²) in [7, 11) is -3.47. The number of sulfonamides is 1. The lowest BCUT2D eigenvalue weighted by Crippen LogP contribution is -2.48. The number of halogens is 1. The van der Waals surface area contributed by atoms with Crippen LogP contribution in [0.25, 0.3) is 5.65 Å². The number of piperazine rings is 1. The van der Waals surface area contributed by atoms with E-state index in [1.54, 1.807) is 28.6 Å². The minimum absolute atomic E-state index is 0.289. The predicted molar refractivity (Wildman–Crippen MR) is 101 cm³/mol. The van der Waals surface area contributed by atoms with Gasteiger partial charge in [-0.3, -0.25) is 4.90 Å². The topological polar surface area (TPSA) is 57.9 Å². The Morgan fingerprint density at radius 3 is 2.46 bits per heavy atom. The van der Waals surface area contributed by atoms with Gasteiger partial charge in [-0.2, -0.15) is 4.31 Å². The van der Waals surface area contributed by atoms with E-state index in [1.165, 1.54) is 0 Å². The lowest BCUT2D eigenvalue weighted by atomic mass is 10.3. The molecule has 136 valence electrons. The number of fused-ring (bicyclic) bond motifs is 1. The van der Waals surface area contributed by atoms with Crippen LogP contribution in [0.4, 0.5) is 0 Å². The van der Waals surface area contributed by atoms with Gasteiger partial charge in [-0.15, -0.1) is 0 Å².